The Bertz CT molecular complexity index is 1240. The second-order valence-electron chi connectivity index (χ2n) is 9.64. The number of thioether (sulfide) groups is 1. The first kappa shape index (κ1) is 21.2. The summed E-state index contributed by atoms with van der Waals surface area (Å²) in [4.78, 5) is 55.2. The van der Waals surface area contributed by atoms with Gasteiger partial charge in [0, 0.05) is 29.0 Å². The summed E-state index contributed by atoms with van der Waals surface area (Å²) in [5.74, 6) is -1.39. The summed E-state index contributed by atoms with van der Waals surface area (Å²) in [6.45, 7) is 2.27. The number of H-pyrrole nitrogens is 1. The van der Waals surface area contributed by atoms with Crippen LogP contribution in [0.25, 0.3) is 0 Å². The van der Waals surface area contributed by atoms with Crippen LogP contribution in [0.4, 0.5) is 0 Å². The van der Waals surface area contributed by atoms with Crippen molar-refractivity contribution in [2.75, 3.05) is 6.54 Å². The number of aromatic amines is 1. The van der Waals surface area contributed by atoms with Gasteiger partial charge in [0.05, 0.1) is 16.9 Å². The number of nitrogens with one attached hydrogen (secondary N) is 1. The van der Waals surface area contributed by atoms with Crippen molar-refractivity contribution < 1.29 is 19.5 Å². The number of carboxylic acid groups (broad SMARTS) is 1. The summed E-state index contributed by atoms with van der Waals surface area (Å²) in [5.41, 5.74) is 2.37. The molecular formula is C24H24N2O5S2. The number of fused-ring (bicyclic) bond motifs is 9. The third kappa shape index (κ3) is 3.01. The zero-order valence-corrected chi connectivity index (χ0v) is 19.7. The number of benzene rings is 1. The standard InChI is InChI=1S/C24H24N2O5S2/c1-10-5-2-3-6-11(10)15-16-12-9-13(19(16)32-21-20(15)33-24(31)25-21)18-17(12)22(29)26(23(18)30)8-4-7-14(27)28/h2-3,5-6,12-13,15-19H,4,7-9H2,1H3,(H,25,31)(H,27,28)/t12-,13+,15+,16-,17+,18-,19-/m1/s1. The van der Waals surface area contributed by atoms with E-state index in [0.717, 1.165) is 16.3 Å². The van der Waals surface area contributed by atoms with E-state index in [9.17, 15) is 19.2 Å². The van der Waals surface area contributed by atoms with E-state index in [0.29, 0.717) is 0 Å². The molecule has 6 rings (SSSR count). The molecule has 7 atom stereocenters. The van der Waals surface area contributed by atoms with Crippen LogP contribution < -0.4 is 4.87 Å². The first-order valence-electron chi connectivity index (χ1n) is 11.4. The molecule has 7 nitrogen and oxygen atoms in total. The largest absolute Gasteiger partial charge is 0.481 e. The van der Waals surface area contributed by atoms with E-state index >= 15 is 0 Å². The Morgan fingerprint density at radius 2 is 1.88 bits per heavy atom. The van der Waals surface area contributed by atoms with Gasteiger partial charge >= 0.3 is 10.8 Å². The molecule has 0 radical (unpaired) electrons. The summed E-state index contributed by atoms with van der Waals surface area (Å²) in [6.07, 6.45) is 1.09. The van der Waals surface area contributed by atoms with E-state index in [-0.39, 0.29) is 76.8 Å². The van der Waals surface area contributed by atoms with Crippen LogP contribution in [0.15, 0.2) is 34.1 Å². The molecule has 172 valence electrons. The number of nitrogens with zero attached hydrogens (tertiary/aromatic N) is 1. The lowest BCUT2D eigenvalue weighted by atomic mass is 9.67. The number of aromatic nitrogens is 1. The fourth-order valence-corrected chi connectivity index (χ4v) is 9.85. The predicted molar refractivity (Wildman–Crippen MR) is 123 cm³/mol. The maximum atomic E-state index is 13.4. The number of carbonyl (C=O) groups excluding carboxylic acids is 2. The minimum Gasteiger partial charge on any atom is -0.481 e. The first-order chi connectivity index (χ1) is 15.9. The topological polar surface area (TPSA) is 108 Å². The van der Waals surface area contributed by atoms with E-state index in [1.54, 1.807) is 11.8 Å². The normalized spacial score (nSPS) is 33.8. The average Bonchev–Trinajstić information content (AvgIpc) is 3.49. The van der Waals surface area contributed by atoms with Gasteiger partial charge in [0.25, 0.3) is 0 Å². The predicted octanol–water partition coefficient (Wildman–Crippen LogP) is 3.08. The van der Waals surface area contributed by atoms with Crippen LogP contribution in [0.3, 0.4) is 0 Å². The molecule has 4 aliphatic rings. The highest BCUT2D eigenvalue weighted by Gasteiger charge is 2.69. The van der Waals surface area contributed by atoms with Gasteiger partial charge in [-0.25, -0.2) is 0 Å². The van der Waals surface area contributed by atoms with Crippen LogP contribution in [-0.4, -0.2) is 44.6 Å². The summed E-state index contributed by atoms with van der Waals surface area (Å²) in [5, 5.41) is 10.0. The van der Waals surface area contributed by atoms with Gasteiger partial charge in [0.1, 0.15) is 0 Å². The number of likely N-dealkylation sites (tertiary alicyclic amines) is 1. The van der Waals surface area contributed by atoms with Crippen molar-refractivity contribution in [1.82, 2.24) is 9.88 Å². The second kappa shape index (κ2) is 7.56. The molecule has 9 heteroatoms. The van der Waals surface area contributed by atoms with Gasteiger partial charge < -0.3 is 10.1 Å². The fraction of sp³-hybridized carbons (Fsp3) is 0.500. The van der Waals surface area contributed by atoms with E-state index < -0.39 is 5.97 Å². The Morgan fingerprint density at radius 3 is 2.61 bits per heavy atom. The molecule has 1 aromatic heterocycles. The third-order valence-electron chi connectivity index (χ3n) is 8.11. The first-order valence-corrected chi connectivity index (χ1v) is 13.1. The van der Waals surface area contributed by atoms with Gasteiger partial charge in [-0.2, -0.15) is 0 Å². The van der Waals surface area contributed by atoms with Crippen molar-refractivity contribution in [3.8, 4) is 0 Å². The Morgan fingerprint density at radius 1 is 1.15 bits per heavy atom. The highest BCUT2D eigenvalue weighted by Crippen LogP contribution is 2.68. The van der Waals surface area contributed by atoms with Crippen molar-refractivity contribution in [1.29, 1.82) is 0 Å². The Hall–Kier alpha value is -2.39. The number of imide groups is 1. The Balaban J connectivity index is 1.39. The minimum absolute atomic E-state index is 0.0383. The van der Waals surface area contributed by atoms with Gasteiger partial charge in [0.15, 0.2) is 0 Å². The van der Waals surface area contributed by atoms with Crippen molar-refractivity contribution in [3.63, 3.8) is 0 Å². The summed E-state index contributed by atoms with van der Waals surface area (Å²) >= 11 is 2.96. The van der Waals surface area contributed by atoms with Crippen molar-refractivity contribution in [2.45, 2.75) is 42.4 Å². The number of hydrogen-bond donors (Lipinski definition) is 2. The smallest absolute Gasteiger partial charge is 0.305 e. The number of amides is 2. The van der Waals surface area contributed by atoms with E-state index in [2.05, 4.69) is 24.0 Å². The quantitative estimate of drug-likeness (QED) is 0.632. The van der Waals surface area contributed by atoms with Crippen LogP contribution in [0.5, 0.6) is 0 Å². The van der Waals surface area contributed by atoms with Crippen molar-refractivity contribution in [2.24, 2.45) is 29.6 Å². The molecule has 2 saturated carbocycles. The highest BCUT2D eigenvalue weighted by molar-refractivity contribution is 8.00. The zero-order chi connectivity index (χ0) is 23.0. The summed E-state index contributed by atoms with van der Waals surface area (Å²) in [6, 6.07) is 8.26. The molecule has 2 N–H and O–H groups in total. The lowest BCUT2D eigenvalue weighted by molar-refractivity contribution is -0.142. The molecule has 0 spiro atoms. The van der Waals surface area contributed by atoms with Crippen LogP contribution >= 0.6 is 23.1 Å². The molecule has 2 amide bonds. The van der Waals surface area contributed by atoms with E-state index in [1.807, 2.05) is 12.1 Å². The van der Waals surface area contributed by atoms with Crippen molar-refractivity contribution >= 4 is 40.9 Å². The third-order valence-corrected chi connectivity index (χ3v) is 10.7. The van der Waals surface area contributed by atoms with E-state index in [1.165, 1.54) is 27.4 Å². The Kier molecular flexibility index (Phi) is 4.85. The molecule has 2 bridgehead atoms. The monoisotopic (exact) mass is 484 g/mol. The molecule has 3 heterocycles. The lowest BCUT2D eigenvalue weighted by Crippen LogP contribution is -2.42. The molecule has 33 heavy (non-hydrogen) atoms. The number of carboxylic acids is 1. The summed E-state index contributed by atoms with van der Waals surface area (Å²) < 4.78 is 0. The van der Waals surface area contributed by atoms with Gasteiger partial charge in [-0.05, 0) is 48.6 Å². The number of aliphatic carboxylic acids is 1. The van der Waals surface area contributed by atoms with Crippen LogP contribution in [0, 0.1) is 36.5 Å². The maximum absolute atomic E-state index is 13.4. The lowest BCUT2D eigenvalue weighted by Gasteiger charge is -2.43. The van der Waals surface area contributed by atoms with Gasteiger partial charge in [0.2, 0.25) is 11.8 Å². The second-order valence-corrected chi connectivity index (χ2v) is 11.8. The summed E-state index contributed by atoms with van der Waals surface area (Å²) in [7, 11) is 0. The molecule has 0 unspecified atom stereocenters. The molecule has 2 aromatic rings. The van der Waals surface area contributed by atoms with Crippen LogP contribution in [0.1, 0.15) is 41.2 Å². The number of thiazole rings is 1. The molecule has 1 aromatic carbocycles. The van der Waals surface area contributed by atoms with Gasteiger partial charge in [-0.1, -0.05) is 35.6 Å². The number of aryl methyl sites for hydroxylation is 1. The maximum Gasteiger partial charge on any atom is 0.305 e. The molecule has 1 saturated heterocycles. The SMILES string of the molecule is Cc1ccccc1[C@@H]1c2sc(=O)[nH]c2S[C@@H]2[C@H]3C[C@@H]([C@@H]4C(=O)N(CCCC(=O)O)C(=O)[C@H]34)[C@H]12. The number of rotatable bonds is 5. The highest BCUT2D eigenvalue weighted by atomic mass is 32.2. The zero-order valence-electron chi connectivity index (χ0n) is 18.0. The van der Waals surface area contributed by atoms with Gasteiger partial charge in [-0.3, -0.25) is 24.1 Å². The number of hydrogen-bond acceptors (Lipinski definition) is 6. The van der Waals surface area contributed by atoms with Crippen LogP contribution in [0.2, 0.25) is 0 Å². The van der Waals surface area contributed by atoms with E-state index in [4.69, 9.17) is 5.11 Å². The molecule has 3 fully saturated rings. The molecular weight excluding hydrogens is 460 g/mol. The number of carbonyl (C=O) groups is 3. The van der Waals surface area contributed by atoms with Crippen molar-refractivity contribution in [3.05, 3.63) is 49.9 Å². The minimum atomic E-state index is -0.919. The average molecular weight is 485 g/mol. The molecule has 2 aliphatic heterocycles. The fourth-order valence-electron chi connectivity index (χ4n) is 6.97. The van der Waals surface area contributed by atoms with Gasteiger partial charge in [-0.15, -0.1) is 11.8 Å². The molecule has 2 aliphatic carbocycles. The Labute approximate surface area is 198 Å². The van der Waals surface area contributed by atoms with Crippen LogP contribution in [-0.2, 0) is 14.4 Å².